The maximum Gasteiger partial charge on any atom is 0.276 e. The summed E-state index contributed by atoms with van der Waals surface area (Å²) in [5.41, 5.74) is 6.59. The number of hydrazine groups is 1. The van der Waals surface area contributed by atoms with Gasteiger partial charge in [-0.05, 0) is 67.5 Å². The fourth-order valence-corrected chi connectivity index (χ4v) is 2.52. The third-order valence-electron chi connectivity index (χ3n) is 3.42. The Balaban J connectivity index is 1.66. The van der Waals surface area contributed by atoms with Crippen molar-refractivity contribution >= 4 is 40.7 Å². The molecule has 7 nitrogen and oxygen atoms in total. The van der Waals surface area contributed by atoms with Crippen LogP contribution in [0.2, 0.25) is 5.02 Å². The van der Waals surface area contributed by atoms with Gasteiger partial charge in [0.2, 0.25) is 0 Å². The predicted molar refractivity (Wildman–Crippen MR) is 110 cm³/mol. The lowest BCUT2D eigenvalue weighted by Gasteiger charge is -2.12. The summed E-state index contributed by atoms with van der Waals surface area (Å²) in [4.78, 5) is 23.6. The van der Waals surface area contributed by atoms with E-state index in [0.717, 1.165) is 11.1 Å². The van der Waals surface area contributed by atoms with E-state index in [4.69, 9.17) is 33.3 Å². The van der Waals surface area contributed by atoms with E-state index in [1.165, 1.54) is 0 Å². The Hall–Kier alpha value is -2.84. The van der Waals surface area contributed by atoms with Gasteiger partial charge in [-0.2, -0.15) is 0 Å². The van der Waals surface area contributed by atoms with E-state index in [1.54, 1.807) is 24.3 Å². The van der Waals surface area contributed by atoms with Crippen LogP contribution in [-0.4, -0.2) is 30.1 Å². The topological polar surface area (TPSA) is 88.7 Å². The first-order valence-corrected chi connectivity index (χ1v) is 9.09. The number of halogens is 1. The highest BCUT2D eigenvalue weighted by molar-refractivity contribution is 7.80. The molecule has 0 aromatic heterocycles. The van der Waals surface area contributed by atoms with Gasteiger partial charge >= 0.3 is 0 Å². The lowest BCUT2D eigenvalue weighted by molar-refractivity contribution is -0.124. The number of aryl methyl sites for hydroxylation is 2. The second-order valence-electron chi connectivity index (χ2n) is 5.85. The van der Waals surface area contributed by atoms with Gasteiger partial charge in [0.1, 0.15) is 11.5 Å². The van der Waals surface area contributed by atoms with Crippen LogP contribution in [0.3, 0.4) is 0 Å². The second-order valence-corrected chi connectivity index (χ2v) is 6.70. The molecule has 0 atom stereocenters. The van der Waals surface area contributed by atoms with Gasteiger partial charge < -0.3 is 9.47 Å². The van der Waals surface area contributed by atoms with Gasteiger partial charge in [0.15, 0.2) is 18.3 Å². The molecule has 0 fully saturated rings. The first-order valence-electron chi connectivity index (χ1n) is 8.30. The van der Waals surface area contributed by atoms with Gasteiger partial charge in [-0.3, -0.25) is 25.8 Å². The minimum atomic E-state index is -0.475. The van der Waals surface area contributed by atoms with Gasteiger partial charge in [0.25, 0.3) is 11.8 Å². The highest BCUT2D eigenvalue weighted by Crippen LogP contribution is 2.21. The number of ether oxygens (including phenoxy) is 2. The molecule has 3 N–H and O–H groups in total. The summed E-state index contributed by atoms with van der Waals surface area (Å²) >= 11 is 10.8. The molecule has 0 aliphatic heterocycles. The van der Waals surface area contributed by atoms with Gasteiger partial charge in [-0.1, -0.05) is 23.7 Å². The van der Waals surface area contributed by atoms with Crippen molar-refractivity contribution in [2.45, 2.75) is 13.8 Å². The van der Waals surface area contributed by atoms with Gasteiger partial charge in [0.05, 0.1) is 0 Å². The van der Waals surface area contributed by atoms with E-state index in [9.17, 15) is 9.59 Å². The SMILES string of the molecule is Cc1cccc(OCC(=O)NNC(=S)NC(=O)COc2ccc(Cl)cc2C)c1. The summed E-state index contributed by atoms with van der Waals surface area (Å²) in [5.74, 6) is 0.198. The van der Waals surface area contributed by atoms with Crippen molar-refractivity contribution in [3.63, 3.8) is 0 Å². The molecule has 2 aromatic rings. The first-order chi connectivity index (χ1) is 13.3. The summed E-state index contributed by atoms with van der Waals surface area (Å²) in [6.07, 6.45) is 0. The fourth-order valence-electron chi connectivity index (χ4n) is 2.13. The summed E-state index contributed by atoms with van der Waals surface area (Å²) in [5, 5.41) is 2.91. The molecule has 9 heteroatoms. The molecule has 2 amide bonds. The van der Waals surface area contributed by atoms with Crippen LogP contribution in [0.25, 0.3) is 0 Å². The molecule has 0 saturated carbocycles. The Bertz CT molecular complexity index is 876. The Morgan fingerprint density at radius 2 is 1.75 bits per heavy atom. The Morgan fingerprint density at radius 1 is 1.00 bits per heavy atom. The van der Waals surface area contributed by atoms with Gasteiger partial charge in [-0.15, -0.1) is 0 Å². The molecule has 0 heterocycles. The van der Waals surface area contributed by atoms with E-state index in [1.807, 2.05) is 32.0 Å². The van der Waals surface area contributed by atoms with Crippen LogP contribution >= 0.6 is 23.8 Å². The Morgan fingerprint density at radius 3 is 2.46 bits per heavy atom. The van der Waals surface area contributed by atoms with E-state index < -0.39 is 11.8 Å². The van der Waals surface area contributed by atoms with Crippen molar-refractivity contribution in [3.05, 3.63) is 58.6 Å². The largest absolute Gasteiger partial charge is 0.484 e. The van der Waals surface area contributed by atoms with Crippen LogP contribution in [0.5, 0.6) is 11.5 Å². The summed E-state index contributed by atoms with van der Waals surface area (Å²) in [7, 11) is 0. The lowest BCUT2D eigenvalue weighted by atomic mass is 10.2. The first kappa shape index (κ1) is 21.5. The molecule has 0 aliphatic rings. The molecule has 2 rings (SSSR count). The van der Waals surface area contributed by atoms with Crippen molar-refractivity contribution < 1.29 is 19.1 Å². The van der Waals surface area contributed by atoms with Gasteiger partial charge in [0, 0.05) is 5.02 Å². The highest BCUT2D eigenvalue weighted by atomic mass is 35.5. The molecule has 28 heavy (non-hydrogen) atoms. The zero-order chi connectivity index (χ0) is 20.5. The molecule has 0 spiro atoms. The van der Waals surface area contributed by atoms with Crippen molar-refractivity contribution in [2.24, 2.45) is 0 Å². The molecule has 148 valence electrons. The number of hydrogen-bond donors (Lipinski definition) is 3. The summed E-state index contributed by atoms with van der Waals surface area (Å²) in [6, 6.07) is 12.4. The maximum absolute atomic E-state index is 11.9. The molecule has 0 bridgehead atoms. The smallest absolute Gasteiger partial charge is 0.276 e. The molecule has 0 saturated heterocycles. The number of nitrogens with one attached hydrogen (secondary N) is 3. The van der Waals surface area contributed by atoms with Crippen LogP contribution < -0.4 is 25.6 Å². The summed E-state index contributed by atoms with van der Waals surface area (Å²) < 4.78 is 10.8. The average molecular weight is 422 g/mol. The number of thiocarbonyl (C=S) groups is 1. The molecule has 2 aromatic carbocycles. The molecule has 0 radical (unpaired) electrons. The number of amides is 2. The standard InChI is InChI=1S/C19H20ClN3O4S/c1-12-4-3-5-15(8-12)26-11-18(25)22-23-19(28)21-17(24)10-27-16-7-6-14(20)9-13(16)2/h3-9H,10-11H2,1-2H3,(H,22,25)(H2,21,23,24,28). The zero-order valence-corrected chi connectivity index (χ0v) is 16.9. The highest BCUT2D eigenvalue weighted by Gasteiger charge is 2.09. The van der Waals surface area contributed by atoms with Crippen molar-refractivity contribution in [1.82, 2.24) is 16.2 Å². The molecular formula is C19H20ClN3O4S. The molecular weight excluding hydrogens is 402 g/mol. The van der Waals surface area contributed by atoms with E-state index in [0.29, 0.717) is 16.5 Å². The molecule has 0 unspecified atom stereocenters. The minimum absolute atomic E-state index is 0.0645. The normalized spacial score (nSPS) is 9.96. The lowest BCUT2D eigenvalue weighted by Crippen LogP contribution is -2.50. The van der Waals surface area contributed by atoms with Crippen LogP contribution in [-0.2, 0) is 9.59 Å². The number of carbonyl (C=O) groups is 2. The van der Waals surface area contributed by atoms with Crippen molar-refractivity contribution in [1.29, 1.82) is 0 Å². The van der Waals surface area contributed by atoms with Crippen LogP contribution in [0.4, 0.5) is 0 Å². The third-order valence-corrected chi connectivity index (χ3v) is 3.86. The molecule has 0 aliphatic carbocycles. The van der Waals surface area contributed by atoms with Crippen LogP contribution in [0.1, 0.15) is 11.1 Å². The van der Waals surface area contributed by atoms with E-state index >= 15 is 0 Å². The maximum atomic E-state index is 11.9. The van der Waals surface area contributed by atoms with E-state index in [-0.39, 0.29) is 18.3 Å². The van der Waals surface area contributed by atoms with Gasteiger partial charge in [-0.25, -0.2) is 0 Å². The zero-order valence-electron chi connectivity index (χ0n) is 15.4. The number of rotatable bonds is 6. The van der Waals surface area contributed by atoms with Crippen molar-refractivity contribution in [3.8, 4) is 11.5 Å². The van der Waals surface area contributed by atoms with Crippen molar-refractivity contribution in [2.75, 3.05) is 13.2 Å². The fraction of sp³-hybridized carbons (Fsp3) is 0.211. The number of benzene rings is 2. The van der Waals surface area contributed by atoms with Crippen LogP contribution in [0.15, 0.2) is 42.5 Å². The number of carbonyl (C=O) groups excluding carboxylic acids is 2. The number of hydrogen-bond acceptors (Lipinski definition) is 5. The monoisotopic (exact) mass is 421 g/mol. The predicted octanol–water partition coefficient (Wildman–Crippen LogP) is 2.44. The average Bonchev–Trinajstić information content (AvgIpc) is 2.64. The van der Waals surface area contributed by atoms with Crippen LogP contribution in [0, 0.1) is 13.8 Å². The summed E-state index contributed by atoms with van der Waals surface area (Å²) in [6.45, 7) is 3.30. The minimum Gasteiger partial charge on any atom is -0.484 e. The van der Waals surface area contributed by atoms with E-state index in [2.05, 4.69) is 16.2 Å². The second kappa shape index (κ2) is 10.5. The third kappa shape index (κ3) is 7.42. The Labute approximate surface area is 173 Å². The quantitative estimate of drug-likeness (QED) is 0.490. The Kier molecular flexibility index (Phi) is 8.03.